The van der Waals surface area contributed by atoms with Gasteiger partial charge in [-0.1, -0.05) is 18.2 Å². The van der Waals surface area contributed by atoms with E-state index in [1.54, 1.807) is 35.1 Å². The lowest BCUT2D eigenvalue weighted by Crippen LogP contribution is -2.27. The molecule has 0 unspecified atom stereocenters. The van der Waals surface area contributed by atoms with Gasteiger partial charge in [-0.3, -0.25) is 4.79 Å². The number of fused-ring (bicyclic) bond motifs is 1. The molecule has 28 heavy (non-hydrogen) atoms. The average molecular weight is 401 g/mol. The molecule has 9 heteroatoms. The summed E-state index contributed by atoms with van der Waals surface area (Å²) >= 11 is 0. The number of hydrogen-bond acceptors (Lipinski definition) is 5. The van der Waals surface area contributed by atoms with Gasteiger partial charge in [-0.2, -0.15) is 5.10 Å². The highest BCUT2D eigenvalue weighted by atomic mass is 32.2. The van der Waals surface area contributed by atoms with Crippen molar-refractivity contribution < 1.29 is 13.2 Å². The Hall–Kier alpha value is -2.78. The van der Waals surface area contributed by atoms with Gasteiger partial charge in [0.25, 0.3) is 5.91 Å². The molecular formula is C19H23N5O3S. The number of carbonyl (C=O) groups excluding carboxylic acids is 1. The third kappa shape index (κ3) is 3.76. The van der Waals surface area contributed by atoms with Crippen molar-refractivity contribution in [2.75, 3.05) is 14.1 Å². The van der Waals surface area contributed by atoms with E-state index in [4.69, 9.17) is 0 Å². The summed E-state index contributed by atoms with van der Waals surface area (Å²) in [7, 11) is -0.645. The summed E-state index contributed by atoms with van der Waals surface area (Å²) in [5, 5.41) is 7.84. The lowest BCUT2D eigenvalue weighted by molar-refractivity contribution is 0.0950. The molecule has 2 heterocycles. The van der Waals surface area contributed by atoms with Crippen molar-refractivity contribution >= 4 is 27.0 Å². The van der Waals surface area contributed by atoms with Crippen LogP contribution in [-0.2, 0) is 16.6 Å². The Morgan fingerprint density at radius 3 is 2.61 bits per heavy atom. The fourth-order valence-electron chi connectivity index (χ4n) is 2.82. The second kappa shape index (κ2) is 7.69. The third-order valence-electron chi connectivity index (χ3n) is 4.36. The Morgan fingerprint density at radius 2 is 1.93 bits per heavy atom. The molecular weight excluding hydrogens is 378 g/mol. The van der Waals surface area contributed by atoms with Gasteiger partial charge in [0.2, 0.25) is 10.0 Å². The maximum absolute atomic E-state index is 12.6. The van der Waals surface area contributed by atoms with Crippen LogP contribution in [0.1, 0.15) is 35.8 Å². The van der Waals surface area contributed by atoms with Crippen molar-refractivity contribution in [2.45, 2.75) is 31.3 Å². The lowest BCUT2D eigenvalue weighted by Gasteiger charge is -2.15. The molecule has 3 aromatic rings. The van der Waals surface area contributed by atoms with Gasteiger partial charge in [-0.25, -0.2) is 22.4 Å². The number of aromatic nitrogens is 3. The SMILES string of the molecule is CC(C)n1ncc2cc(C(=O)NCc3ccccc3S(=O)(=O)N(C)C)cnc21. The number of rotatable bonds is 6. The molecule has 0 aliphatic heterocycles. The molecule has 0 bridgehead atoms. The summed E-state index contributed by atoms with van der Waals surface area (Å²) in [6, 6.07) is 8.51. The van der Waals surface area contributed by atoms with Gasteiger partial charge in [0.15, 0.2) is 5.65 Å². The maximum Gasteiger partial charge on any atom is 0.253 e. The Kier molecular flexibility index (Phi) is 5.48. The number of nitrogens with zero attached hydrogens (tertiary/aromatic N) is 4. The van der Waals surface area contributed by atoms with Crippen LogP contribution in [0.2, 0.25) is 0 Å². The fraction of sp³-hybridized carbons (Fsp3) is 0.316. The molecule has 0 aliphatic rings. The van der Waals surface area contributed by atoms with Gasteiger partial charge in [-0.05, 0) is 31.5 Å². The van der Waals surface area contributed by atoms with Crippen molar-refractivity contribution in [1.82, 2.24) is 24.4 Å². The molecule has 1 N–H and O–H groups in total. The van der Waals surface area contributed by atoms with Crippen LogP contribution in [0.15, 0.2) is 47.6 Å². The molecule has 1 amide bonds. The van der Waals surface area contributed by atoms with Crippen molar-refractivity contribution in [3.63, 3.8) is 0 Å². The predicted molar refractivity (Wildman–Crippen MR) is 106 cm³/mol. The van der Waals surface area contributed by atoms with Crippen LogP contribution in [0.25, 0.3) is 11.0 Å². The van der Waals surface area contributed by atoms with Crippen LogP contribution in [0, 0.1) is 0 Å². The molecule has 0 radical (unpaired) electrons. The Morgan fingerprint density at radius 1 is 1.21 bits per heavy atom. The smallest absolute Gasteiger partial charge is 0.253 e. The monoisotopic (exact) mass is 401 g/mol. The Balaban J connectivity index is 1.81. The molecule has 2 aromatic heterocycles. The standard InChI is InChI=1S/C19H23N5O3S/c1-13(2)24-18-15(12-22-24)9-16(11-20-18)19(25)21-10-14-7-5-6-8-17(14)28(26,27)23(3)4/h5-9,11-13H,10H2,1-4H3,(H,21,25). The topological polar surface area (TPSA) is 97.2 Å². The van der Waals surface area contributed by atoms with E-state index < -0.39 is 10.0 Å². The zero-order valence-corrected chi connectivity index (χ0v) is 17.1. The van der Waals surface area contributed by atoms with Crippen LogP contribution in [0.5, 0.6) is 0 Å². The van der Waals surface area contributed by atoms with E-state index in [-0.39, 0.29) is 23.4 Å². The van der Waals surface area contributed by atoms with Gasteiger partial charge in [0.1, 0.15) is 0 Å². The number of pyridine rings is 1. The predicted octanol–water partition coefficient (Wildman–Crippen LogP) is 2.19. The van der Waals surface area contributed by atoms with E-state index in [1.165, 1.54) is 26.4 Å². The maximum atomic E-state index is 12.6. The molecule has 3 rings (SSSR count). The minimum absolute atomic E-state index is 0.0887. The van der Waals surface area contributed by atoms with Gasteiger partial charge >= 0.3 is 0 Å². The van der Waals surface area contributed by atoms with E-state index in [0.29, 0.717) is 16.8 Å². The first kappa shape index (κ1) is 20.0. The highest BCUT2D eigenvalue weighted by molar-refractivity contribution is 7.89. The summed E-state index contributed by atoms with van der Waals surface area (Å²) in [5.74, 6) is -0.330. The molecule has 0 fully saturated rings. The second-order valence-corrected chi connectivity index (χ2v) is 9.02. The summed E-state index contributed by atoms with van der Waals surface area (Å²) in [4.78, 5) is 17.1. The van der Waals surface area contributed by atoms with Gasteiger partial charge in [0, 0.05) is 38.3 Å². The van der Waals surface area contributed by atoms with E-state index in [2.05, 4.69) is 15.4 Å². The van der Waals surface area contributed by atoms with E-state index >= 15 is 0 Å². The molecule has 1 aromatic carbocycles. The number of amides is 1. The third-order valence-corrected chi connectivity index (χ3v) is 6.27. The van der Waals surface area contributed by atoms with E-state index in [9.17, 15) is 13.2 Å². The summed E-state index contributed by atoms with van der Waals surface area (Å²) < 4.78 is 27.9. The average Bonchev–Trinajstić information content (AvgIpc) is 3.09. The molecule has 148 valence electrons. The first-order chi connectivity index (χ1) is 13.2. The van der Waals surface area contributed by atoms with Crippen molar-refractivity contribution in [3.8, 4) is 0 Å². The molecule has 0 spiro atoms. The van der Waals surface area contributed by atoms with Crippen LogP contribution >= 0.6 is 0 Å². The van der Waals surface area contributed by atoms with E-state index in [0.717, 1.165) is 9.69 Å². The molecule has 0 saturated carbocycles. The van der Waals surface area contributed by atoms with Crippen molar-refractivity contribution in [3.05, 3.63) is 53.9 Å². The highest BCUT2D eigenvalue weighted by Gasteiger charge is 2.21. The Bertz CT molecular complexity index is 1120. The quantitative estimate of drug-likeness (QED) is 0.683. The van der Waals surface area contributed by atoms with E-state index in [1.807, 2.05) is 13.8 Å². The van der Waals surface area contributed by atoms with Crippen LogP contribution < -0.4 is 5.32 Å². The number of benzene rings is 1. The minimum Gasteiger partial charge on any atom is -0.348 e. The van der Waals surface area contributed by atoms with Gasteiger partial charge in [0.05, 0.1) is 16.7 Å². The number of nitrogens with one attached hydrogen (secondary N) is 1. The normalized spacial score (nSPS) is 12.1. The highest BCUT2D eigenvalue weighted by Crippen LogP contribution is 2.19. The summed E-state index contributed by atoms with van der Waals surface area (Å²) in [6.07, 6.45) is 3.18. The van der Waals surface area contributed by atoms with Crippen molar-refractivity contribution in [2.24, 2.45) is 0 Å². The van der Waals surface area contributed by atoms with Crippen LogP contribution in [0.4, 0.5) is 0 Å². The molecule has 8 nitrogen and oxygen atoms in total. The number of sulfonamides is 1. The molecule has 0 atom stereocenters. The van der Waals surface area contributed by atoms with Crippen LogP contribution in [-0.4, -0.2) is 47.5 Å². The first-order valence-electron chi connectivity index (χ1n) is 8.83. The lowest BCUT2D eigenvalue weighted by atomic mass is 10.2. The van der Waals surface area contributed by atoms with Gasteiger partial charge in [-0.15, -0.1) is 0 Å². The second-order valence-electron chi connectivity index (χ2n) is 6.90. The van der Waals surface area contributed by atoms with Crippen LogP contribution in [0.3, 0.4) is 0 Å². The fourth-order valence-corrected chi connectivity index (χ4v) is 3.93. The number of carbonyl (C=O) groups is 1. The minimum atomic E-state index is -3.60. The summed E-state index contributed by atoms with van der Waals surface area (Å²) in [6.45, 7) is 4.10. The zero-order chi connectivity index (χ0) is 20.5. The largest absolute Gasteiger partial charge is 0.348 e. The van der Waals surface area contributed by atoms with Crippen molar-refractivity contribution in [1.29, 1.82) is 0 Å². The summed E-state index contributed by atoms with van der Waals surface area (Å²) in [5.41, 5.74) is 1.63. The molecule has 0 saturated heterocycles. The molecule has 0 aliphatic carbocycles. The Labute approximate surface area is 164 Å². The number of hydrogen-bond donors (Lipinski definition) is 1. The van der Waals surface area contributed by atoms with Gasteiger partial charge < -0.3 is 5.32 Å². The zero-order valence-electron chi connectivity index (χ0n) is 16.2. The first-order valence-corrected chi connectivity index (χ1v) is 10.3.